The number of rotatable bonds is 8. The number of hydrogen-bond donors (Lipinski definition) is 1. The first-order chi connectivity index (χ1) is 13.2. The molecule has 0 saturated carbocycles. The lowest BCUT2D eigenvalue weighted by atomic mass is 9.96. The van der Waals surface area contributed by atoms with Gasteiger partial charge in [-0.05, 0) is 30.9 Å². The van der Waals surface area contributed by atoms with Crippen molar-refractivity contribution < 1.29 is 14.3 Å². The Hall–Kier alpha value is -1.99. The van der Waals surface area contributed by atoms with E-state index in [0.29, 0.717) is 32.5 Å². The van der Waals surface area contributed by atoms with Crippen molar-refractivity contribution in [1.29, 1.82) is 0 Å². The number of piperidine rings is 1. The number of carbonyl (C=O) groups excluding carboxylic acids is 2. The molecule has 0 spiro atoms. The summed E-state index contributed by atoms with van der Waals surface area (Å²) in [6.07, 6.45) is 6.55. The number of aromatic nitrogens is 1. The Morgan fingerprint density at radius 2 is 2.15 bits per heavy atom. The second-order valence-corrected chi connectivity index (χ2v) is 7.29. The predicted octanol–water partition coefficient (Wildman–Crippen LogP) is 0.701. The maximum atomic E-state index is 12.5. The zero-order chi connectivity index (χ0) is 18.9. The Balaban J connectivity index is 1.37. The summed E-state index contributed by atoms with van der Waals surface area (Å²) in [4.78, 5) is 33.0. The van der Waals surface area contributed by atoms with Gasteiger partial charge in [0.25, 0.3) is 0 Å². The Bertz CT molecular complexity index is 605. The highest BCUT2D eigenvalue weighted by molar-refractivity contribution is 5.83. The lowest BCUT2D eigenvalue weighted by Gasteiger charge is -2.34. The Kier molecular flexibility index (Phi) is 7.59. The first kappa shape index (κ1) is 19.8. The largest absolute Gasteiger partial charge is 0.379 e. The number of likely N-dealkylation sites (tertiary alicyclic amines) is 1. The van der Waals surface area contributed by atoms with E-state index in [0.717, 1.165) is 45.7 Å². The van der Waals surface area contributed by atoms with Gasteiger partial charge < -0.3 is 15.0 Å². The van der Waals surface area contributed by atoms with Crippen LogP contribution in [0.3, 0.4) is 0 Å². The highest BCUT2D eigenvalue weighted by Crippen LogP contribution is 2.18. The van der Waals surface area contributed by atoms with Crippen LogP contribution in [0.2, 0.25) is 0 Å². The molecule has 1 atom stereocenters. The standard InChI is InChI=1S/C20H30N4O3/c25-19-6-5-18(16-24(19)10-9-23-11-13-27-14-12-23)20(26)22-8-2-4-17-3-1-7-21-15-17/h1,3,7,15,18H,2,4-6,8-14,16H2,(H,22,26)/t18-/m1/s1. The van der Waals surface area contributed by atoms with Gasteiger partial charge in [0.2, 0.25) is 11.8 Å². The van der Waals surface area contributed by atoms with E-state index in [2.05, 4.69) is 15.2 Å². The van der Waals surface area contributed by atoms with E-state index in [-0.39, 0.29) is 17.7 Å². The molecule has 148 valence electrons. The molecule has 3 heterocycles. The summed E-state index contributed by atoms with van der Waals surface area (Å²) in [5, 5.41) is 3.04. The molecule has 0 radical (unpaired) electrons. The molecular weight excluding hydrogens is 344 g/mol. The van der Waals surface area contributed by atoms with Crippen molar-refractivity contribution in [3.8, 4) is 0 Å². The second-order valence-electron chi connectivity index (χ2n) is 7.29. The molecule has 0 aromatic carbocycles. The summed E-state index contributed by atoms with van der Waals surface area (Å²) in [5.41, 5.74) is 1.18. The molecule has 7 heteroatoms. The molecule has 1 aromatic heterocycles. The molecule has 0 unspecified atom stereocenters. The number of morpholine rings is 1. The molecule has 7 nitrogen and oxygen atoms in total. The summed E-state index contributed by atoms with van der Waals surface area (Å²) in [6, 6.07) is 3.98. The smallest absolute Gasteiger partial charge is 0.224 e. The number of aryl methyl sites for hydroxylation is 1. The van der Waals surface area contributed by atoms with Gasteiger partial charge >= 0.3 is 0 Å². The molecule has 2 fully saturated rings. The van der Waals surface area contributed by atoms with Gasteiger partial charge in [0.15, 0.2) is 0 Å². The normalized spacial score (nSPS) is 21.3. The number of nitrogens with zero attached hydrogens (tertiary/aromatic N) is 3. The predicted molar refractivity (Wildman–Crippen MR) is 102 cm³/mol. The zero-order valence-electron chi connectivity index (χ0n) is 15.9. The van der Waals surface area contributed by atoms with Crippen LogP contribution in [-0.4, -0.2) is 79.1 Å². The Morgan fingerprint density at radius 3 is 2.93 bits per heavy atom. The van der Waals surface area contributed by atoms with E-state index < -0.39 is 0 Å². The van der Waals surface area contributed by atoms with E-state index in [1.54, 1.807) is 6.20 Å². The van der Waals surface area contributed by atoms with Crippen molar-refractivity contribution in [3.63, 3.8) is 0 Å². The van der Waals surface area contributed by atoms with Crippen molar-refractivity contribution in [2.45, 2.75) is 25.7 Å². The maximum absolute atomic E-state index is 12.5. The highest BCUT2D eigenvalue weighted by Gasteiger charge is 2.30. The van der Waals surface area contributed by atoms with Gasteiger partial charge in [-0.3, -0.25) is 19.5 Å². The number of nitrogens with one attached hydrogen (secondary N) is 1. The molecule has 1 aromatic rings. The monoisotopic (exact) mass is 374 g/mol. The minimum Gasteiger partial charge on any atom is -0.379 e. The third kappa shape index (κ3) is 6.29. The van der Waals surface area contributed by atoms with E-state index in [4.69, 9.17) is 4.74 Å². The van der Waals surface area contributed by atoms with Crippen LogP contribution in [-0.2, 0) is 20.7 Å². The van der Waals surface area contributed by atoms with Gasteiger partial charge in [0.05, 0.1) is 19.1 Å². The second kappa shape index (κ2) is 10.4. The molecule has 2 aliphatic rings. The average Bonchev–Trinajstić information content (AvgIpc) is 2.72. The summed E-state index contributed by atoms with van der Waals surface area (Å²) >= 11 is 0. The van der Waals surface area contributed by atoms with Crippen molar-refractivity contribution in [1.82, 2.24) is 20.1 Å². The van der Waals surface area contributed by atoms with Crippen LogP contribution in [0.25, 0.3) is 0 Å². The minimum absolute atomic E-state index is 0.0741. The lowest BCUT2D eigenvalue weighted by molar-refractivity contribution is -0.138. The number of hydrogen-bond acceptors (Lipinski definition) is 5. The molecule has 27 heavy (non-hydrogen) atoms. The molecule has 2 saturated heterocycles. The van der Waals surface area contributed by atoms with Crippen molar-refractivity contribution >= 4 is 11.8 Å². The van der Waals surface area contributed by atoms with Crippen LogP contribution < -0.4 is 5.32 Å². The number of carbonyl (C=O) groups is 2. The van der Waals surface area contributed by atoms with Crippen LogP contribution in [0.4, 0.5) is 0 Å². The van der Waals surface area contributed by atoms with Crippen molar-refractivity contribution in [2.75, 3.05) is 52.5 Å². The van der Waals surface area contributed by atoms with Crippen molar-refractivity contribution in [3.05, 3.63) is 30.1 Å². The Morgan fingerprint density at radius 1 is 1.30 bits per heavy atom. The lowest BCUT2D eigenvalue weighted by Crippen LogP contribution is -2.49. The van der Waals surface area contributed by atoms with E-state index in [9.17, 15) is 9.59 Å². The van der Waals surface area contributed by atoms with Crippen LogP contribution in [0.5, 0.6) is 0 Å². The fourth-order valence-electron chi connectivity index (χ4n) is 3.63. The molecule has 2 amide bonds. The van der Waals surface area contributed by atoms with Gasteiger partial charge in [-0.1, -0.05) is 6.07 Å². The zero-order valence-corrected chi connectivity index (χ0v) is 15.9. The van der Waals surface area contributed by atoms with Gasteiger partial charge in [0, 0.05) is 58.1 Å². The van der Waals surface area contributed by atoms with Gasteiger partial charge in [-0.25, -0.2) is 0 Å². The number of amides is 2. The van der Waals surface area contributed by atoms with Crippen LogP contribution in [0.1, 0.15) is 24.8 Å². The molecule has 2 aliphatic heterocycles. The highest BCUT2D eigenvalue weighted by atomic mass is 16.5. The van der Waals surface area contributed by atoms with Crippen molar-refractivity contribution in [2.24, 2.45) is 5.92 Å². The number of pyridine rings is 1. The summed E-state index contributed by atoms with van der Waals surface area (Å²) in [6.45, 7) is 6.11. The maximum Gasteiger partial charge on any atom is 0.224 e. The van der Waals surface area contributed by atoms with Crippen LogP contribution >= 0.6 is 0 Å². The first-order valence-electron chi connectivity index (χ1n) is 9.97. The quantitative estimate of drug-likeness (QED) is 0.678. The van der Waals surface area contributed by atoms with Crippen LogP contribution in [0.15, 0.2) is 24.5 Å². The topological polar surface area (TPSA) is 74.8 Å². The van der Waals surface area contributed by atoms with Gasteiger partial charge in [-0.2, -0.15) is 0 Å². The van der Waals surface area contributed by atoms with Gasteiger partial charge in [0.1, 0.15) is 0 Å². The van der Waals surface area contributed by atoms with E-state index >= 15 is 0 Å². The summed E-state index contributed by atoms with van der Waals surface area (Å²) < 4.78 is 5.36. The van der Waals surface area contributed by atoms with E-state index in [1.165, 1.54) is 5.56 Å². The third-order valence-electron chi connectivity index (χ3n) is 5.33. The molecule has 0 aliphatic carbocycles. The fraction of sp³-hybridized carbons (Fsp3) is 0.650. The third-order valence-corrected chi connectivity index (χ3v) is 5.33. The minimum atomic E-state index is -0.0919. The fourth-order valence-corrected chi connectivity index (χ4v) is 3.63. The summed E-state index contributed by atoms with van der Waals surface area (Å²) in [5.74, 6) is 0.153. The molecule has 3 rings (SSSR count). The van der Waals surface area contributed by atoms with Gasteiger partial charge in [-0.15, -0.1) is 0 Å². The SMILES string of the molecule is O=C(NCCCc1cccnc1)[C@@H]1CCC(=O)N(CCN2CCOCC2)C1. The Labute approximate surface area is 161 Å². The van der Waals surface area contributed by atoms with Crippen LogP contribution in [0, 0.1) is 5.92 Å². The summed E-state index contributed by atoms with van der Waals surface area (Å²) in [7, 11) is 0. The average molecular weight is 374 g/mol. The van der Waals surface area contributed by atoms with E-state index in [1.807, 2.05) is 23.2 Å². The molecule has 1 N–H and O–H groups in total. The molecular formula is C20H30N4O3. The molecule has 0 bridgehead atoms. The first-order valence-corrected chi connectivity index (χ1v) is 9.97. The number of ether oxygens (including phenoxy) is 1.